The van der Waals surface area contributed by atoms with Crippen molar-refractivity contribution in [2.45, 2.75) is 45.6 Å². The third-order valence-corrected chi connectivity index (χ3v) is 3.94. The van der Waals surface area contributed by atoms with Crippen LogP contribution in [0.2, 0.25) is 0 Å². The highest BCUT2D eigenvalue weighted by Gasteiger charge is 2.24. The minimum absolute atomic E-state index is 0.365. The Kier molecular flexibility index (Phi) is 7.37. The molecule has 0 spiro atoms. The van der Waals surface area contributed by atoms with E-state index in [0.717, 1.165) is 39.0 Å². The van der Waals surface area contributed by atoms with Crippen LogP contribution in [0.15, 0.2) is 0 Å². The molecule has 0 radical (unpaired) electrons. The zero-order chi connectivity index (χ0) is 14.1. The maximum absolute atomic E-state index is 9.31. The summed E-state index contributed by atoms with van der Waals surface area (Å²) in [4.78, 5) is 5.03. The summed E-state index contributed by atoms with van der Waals surface area (Å²) in [5.74, 6) is 0. The van der Waals surface area contributed by atoms with E-state index in [4.69, 9.17) is 0 Å². The van der Waals surface area contributed by atoms with Gasteiger partial charge in [-0.15, -0.1) is 0 Å². The van der Waals surface area contributed by atoms with Crippen LogP contribution < -0.4 is 5.32 Å². The summed E-state index contributed by atoms with van der Waals surface area (Å²) < 4.78 is 0. The maximum Gasteiger partial charge on any atom is 0.105 e. The largest absolute Gasteiger partial charge is 0.301 e. The van der Waals surface area contributed by atoms with Crippen LogP contribution in [0.25, 0.3) is 0 Å². The average molecular weight is 266 g/mol. The van der Waals surface area contributed by atoms with Gasteiger partial charge in [0.05, 0.1) is 6.07 Å². The highest BCUT2D eigenvalue weighted by atomic mass is 15.3. The Bertz CT molecular complexity index is 278. The molecule has 110 valence electrons. The van der Waals surface area contributed by atoms with Crippen molar-refractivity contribution in [1.29, 1.82) is 5.26 Å². The molecule has 0 saturated carbocycles. The molecule has 1 heterocycles. The molecule has 1 aliphatic rings. The Morgan fingerprint density at radius 2 is 1.63 bits per heavy atom. The third kappa shape index (κ3) is 5.90. The van der Waals surface area contributed by atoms with Gasteiger partial charge >= 0.3 is 0 Å². The van der Waals surface area contributed by atoms with Crippen LogP contribution in [0.4, 0.5) is 0 Å². The monoisotopic (exact) mass is 266 g/mol. The highest BCUT2D eigenvalue weighted by Crippen LogP contribution is 2.11. The van der Waals surface area contributed by atoms with E-state index in [0.29, 0.717) is 0 Å². The second kappa shape index (κ2) is 8.52. The van der Waals surface area contributed by atoms with Gasteiger partial charge in [-0.1, -0.05) is 13.8 Å². The average Bonchev–Trinajstić information content (AvgIpc) is 2.45. The Morgan fingerprint density at radius 3 is 2.11 bits per heavy atom. The van der Waals surface area contributed by atoms with Crippen molar-refractivity contribution in [1.82, 2.24) is 15.1 Å². The van der Waals surface area contributed by atoms with E-state index in [-0.39, 0.29) is 5.54 Å². The van der Waals surface area contributed by atoms with Gasteiger partial charge in [0.2, 0.25) is 0 Å². The SMILES string of the molecule is CCCNC(C)(C#N)CCN1CCN(CCC)CC1. The molecule has 0 bridgehead atoms. The second-order valence-corrected chi connectivity index (χ2v) is 5.80. The molecule has 1 N–H and O–H groups in total. The molecule has 1 saturated heterocycles. The third-order valence-electron chi connectivity index (χ3n) is 3.94. The van der Waals surface area contributed by atoms with Gasteiger partial charge in [0.15, 0.2) is 0 Å². The van der Waals surface area contributed by atoms with Crippen molar-refractivity contribution in [3.63, 3.8) is 0 Å². The van der Waals surface area contributed by atoms with E-state index >= 15 is 0 Å². The Morgan fingerprint density at radius 1 is 1.05 bits per heavy atom. The van der Waals surface area contributed by atoms with Gasteiger partial charge in [0.25, 0.3) is 0 Å². The van der Waals surface area contributed by atoms with Crippen LogP contribution in [0.3, 0.4) is 0 Å². The molecule has 0 aliphatic carbocycles. The molecule has 0 amide bonds. The summed E-state index contributed by atoms with van der Waals surface area (Å²) in [6.07, 6.45) is 3.23. The van der Waals surface area contributed by atoms with Gasteiger partial charge in [-0.2, -0.15) is 5.26 Å². The lowest BCUT2D eigenvalue weighted by Gasteiger charge is -2.36. The number of nitrogens with zero attached hydrogens (tertiary/aromatic N) is 3. The number of piperazine rings is 1. The molecule has 0 aromatic rings. The molecule has 1 rings (SSSR count). The molecule has 1 aliphatic heterocycles. The van der Waals surface area contributed by atoms with Crippen LogP contribution >= 0.6 is 0 Å². The van der Waals surface area contributed by atoms with Gasteiger partial charge in [0, 0.05) is 32.7 Å². The summed E-state index contributed by atoms with van der Waals surface area (Å²) in [6, 6.07) is 2.43. The summed E-state index contributed by atoms with van der Waals surface area (Å²) in [5, 5.41) is 12.7. The first kappa shape index (κ1) is 16.4. The number of hydrogen-bond acceptors (Lipinski definition) is 4. The van der Waals surface area contributed by atoms with Crippen LogP contribution in [0.1, 0.15) is 40.0 Å². The quantitative estimate of drug-likeness (QED) is 0.726. The number of nitriles is 1. The molecule has 4 heteroatoms. The number of hydrogen-bond donors (Lipinski definition) is 1. The Labute approximate surface area is 118 Å². The maximum atomic E-state index is 9.31. The van der Waals surface area contributed by atoms with E-state index in [1.54, 1.807) is 0 Å². The lowest BCUT2D eigenvalue weighted by molar-refractivity contribution is 0.126. The fourth-order valence-electron chi connectivity index (χ4n) is 2.52. The topological polar surface area (TPSA) is 42.3 Å². The minimum atomic E-state index is -0.365. The first-order valence-electron chi connectivity index (χ1n) is 7.74. The van der Waals surface area contributed by atoms with Gasteiger partial charge in [-0.25, -0.2) is 0 Å². The molecule has 0 aromatic heterocycles. The van der Waals surface area contributed by atoms with Crippen molar-refractivity contribution in [3.8, 4) is 6.07 Å². The van der Waals surface area contributed by atoms with Crippen LogP contribution in [-0.2, 0) is 0 Å². The first-order valence-corrected chi connectivity index (χ1v) is 7.74. The Balaban J connectivity index is 2.27. The van der Waals surface area contributed by atoms with E-state index < -0.39 is 0 Å². The highest BCUT2D eigenvalue weighted by molar-refractivity contribution is 5.04. The molecule has 0 aromatic carbocycles. The summed E-state index contributed by atoms with van der Waals surface area (Å²) in [6.45, 7) is 14.2. The van der Waals surface area contributed by atoms with E-state index in [1.807, 2.05) is 6.92 Å². The molecule has 19 heavy (non-hydrogen) atoms. The zero-order valence-electron chi connectivity index (χ0n) is 12.9. The van der Waals surface area contributed by atoms with Crippen LogP contribution in [-0.4, -0.2) is 61.2 Å². The predicted octanol–water partition coefficient (Wildman–Crippen LogP) is 1.69. The Hall–Kier alpha value is -0.630. The fourth-order valence-corrected chi connectivity index (χ4v) is 2.52. The minimum Gasteiger partial charge on any atom is -0.301 e. The molecular weight excluding hydrogens is 236 g/mol. The van der Waals surface area contributed by atoms with Crippen molar-refractivity contribution in [2.75, 3.05) is 45.8 Å². The number of nitrogens with one attached hydrogen (secondary N) is 1. The van der Waals surface area contributed by atoms with Gasteiger partial charge in [-0.05, 0) is 39.3 Å². The van der Waals surface area contributed by atoms with Gasteiger partial charge in [0.1, 0.15) is 5.54 Å². The molecule has 1 unspecified atom stereocenters. The second-order valence-electron chi connectivity index (χ2n) is 5.80. The lowest BCUT2D eigenvalue weighted by Crippen LogP contribution is -2.49. The standard InChI is InChI=1S/C15H30N4/c1-4-7-17-15(3,14-16)6-9-19-12-10-18(8-5-2)11-13-19/h17H,4-13H2,1-3H3. The summed E-state index contributed by atoms with van der Waals surface area (Å²) in [7, 11) is 0. The number of rotatable bonds is 8. The normalized spacial score (nSPS) is 20.9. The van der Waals surface area contributed by atoms with E-state index in [1.165, 1.54) is 26.1 Å². The lowest BCUT2D eigenvalue weighted by atomic mass is 9.99. The van der Waals surface area contributed by atoms with E-state index in [2.05, 4.69) is 35.0 Å². The van der Waals surface area contributed by atoms with Crippen molar-refractivity contribution >= 4 is 0 Å². The zero-order valence-corrected chi connectivity index (χ0v) is 12.9. The van der Waals surface area contributed by atoms with Crippen molar-refractivity contribution in [2.24, 2.45) is 0 Å². The summed E-state index contributed by atoms with van der Waals surface area (Å²) >= 11 is 0. The van der Waals surface area contributed by atoms with Gasteiger partial charge in [-0.3, -0.25) is 5.32 Å². The molecule has 1 atom stereocenters. The molecule has 4 nitrogen and oxygen atoms in total. The molecule has 1 fully saturated rings. The van der Waals surface area contributed by atoms with Gasteiger partial charge < -0.3 is 9.80 Å². The predicted molar refractivity (Wildman–Crippen MR) is 80.1 cm³/mol. The van der Waals surface area contributed by atoms with E-state index in [9.17, 15) is 5.26 Å². The molecular formula is C15H30N4. The van der Waals surface area contributed by atoms with Crippen LogP contribution in [0.5, 0.6) is 0 Å². The smallest absolute Gasteiger partial charge is 0.105 e. The fraction of sp³-hybridized carbons (Fsp3) is 0.933. The van der Waals surface area contributed by atoms with Crippen LogP contribution in [0, 0.1) is 11.3 Å². The van der Waals surface area contributed by atoms with Crippen molar-refractivity contribution < 1.29 is 0 Å². The first-order chi connectivity index (χ1) is 9.13. The summed E-state index contributed by atoms with van der Waals surface area (Å²) in [5.41, 5.74) is -0.365. The van der Waals surface area contributed by atoms with Crippen molar-refractivity contribution in [3.05, 3.63) is 0 Å².